The van der Waals surface area contributed by atoms with Crippen LogP contribution >= 0.6 is 23.2 Å². The number of benzene rings is 2. The van der Waals surface area contributed by atoms with Gasteiger partial charge in [-0.1, -0.05) is 78.7 Å². The first-order valence-corrected chi connectivity index (χ1v) is 14.0. The molecule has 1 aromatic heterocycles. The minimum absolute atomic E-state index is 0.0648. The Morgan fingerprint density at radius 3 is 2.44 bits per heavy atom. The van der Waals surface area contributed by atoms with Crippen molar-refractivity contribution in [1.29, 1.82) is 0 Å². The van der Waals surface area contributed by atoms with E-state index in [2.05, 4.69) is 0 Å². The fourth-order valence-corrected chi connectivity index (χ4v) is 6.53. The van der Waals surface area contributed by atoms with Crippen molar-refractivity contribution in [3.05, 3.63) is 88.7 Å². The SMILES string of the molecule is CCS(=O)(=O)C1(Cl)CC(c2ccccc2)=CC=C1n1cc(C(C)(C)O)nc1-c1cccc(Cl)c1CN. The van der Waals surface area contributed by atoms with Crippen LogP contribution in [-0.2, 0) is 22.0 Å². The predicted octanol–water partition coefficient (Wildman–Crippen LogP) is 5.59. The molecule has 4 rings (SSSR count). The molecule has 0 fully saturated rings. The summed E-state index contributed by atoms with van der Waals surface area (Å²) in [5, 5.41) is 11.2. The maximum absolute atomic E-state index is 13.5. The van der Waals surface area contributed by atoms with E-state index >= 15 is 0 Å². The Labute approximate surface area is 222 Å². The molecule has 0 saturated heterocycles. The highest BCUT2D eigenvalue weighted by Crippen LogP contribution is 2.47. The van der Waals surface area contributed by atoms with Crippen molar-refractivity contribution in [2.24, 2.45) is 5.73 Å². The number of halogens is 2. The number of nitrogens with two attached hydrogens (primary N) is 1. The summed E-state index contributed by atoms with van der Waals surface area (Å²) in [5.41, 5.74) is 8.40. The summed E-state index contributed by atoms with van der Waals surface area (Å²) in [6.07, 6.45) is 5.30. The molecule has 9 heteroatoms. The van der Waals surface area contributed by atoms with E-state index in [4.69, 9.17) is 33.9 Å². The second-order valence-corrected chi connectivity index (χ2v) is 13.0. The van der Waals surface area contributed by atoms with Crippen LogP contribution in [0.15, 0.2) is 66.9 Å². The van der Waals surface area contributed by atoms with Crippen LogP contribution in [0.2, 0.25) is 5.02 Å². The van der Waals surface area contributed by atoms with Gasteiger partial charge in [0.2, 0.25) is 0 Å². The molecule has 0 radical (unpaired) electrons. The molecule has 0 bridgehead atoms. The second-order valence-electron chi connectivity index (χ2n) is 9.27. The van der Waals surface area contributed by atoms with Gasteiger partial charge in [-0.3, -0.25) is 0 Å². The Morgan fingerprint density at radius 2 is 1.83 bits per heavy atom. The van der Waals surface area contributed by atoms with Crippen molar-refractivity contribution in [3.8, 4) is 11.4 Å². The zero-order valence-electron chi connectivity index (χ0n) is 20.4. The van der Waals surface area contributed by atoms with E-state index in [0.717, 1.165) is 11.1 Å². The van der Waals surface area contributed by atoms with Gasteiger partial charge in [0.1, 0.15) is 11.4 Å². The molecule has 0 aliphatic heterocycles. The number of allylic oxidation sites excluding steroid dienone is 3. The molecule has 190 valence electrons. The smallest absolute Gasteiger partial charge is 0.189 e. The van der Waals surface area contributed by atoms with Crippen LogP contribution in [0.3, 0.4) is 0 Å². The summed E-state index contributed by atoms with van der Waals surface area (Å²) in [4.78, 5) is 4.71. The van der Waals surface area contributed by atoms with E-state index in [1.54, 1.807) is 49.7 Å². The molecule has 1 atom stereocenters. The maximum atomic E-state index is 13.5. The van der Waals surface area contributed by atoms with Gasteiger partial charge in [0.15, 0.2) is 14.0 Å². The van der Waals surface area contributed by atoms with Crippen LogP contribution in [-0.4, -0.2) is 33.0 Å². The third-order valence-electron chi connectivity index (χ3n) is 6.42. The van der Waals surface area contributed by atoms with Crippen molar-refractivity contribution < 1.29 is 13.5 Å². The van der Waals surface area contributed by atoms with Gasteiger partial charge in [0, 0.05) is 35.5 Å². The van der Waals surface area contributed by atoms with E-state index in [9.17, 15) is 13.5 Å². The molecule has 1 aliphatic rings. The van der Waals surface area contributed by atoms with Crippen molar-refractivity contribution in [2.45, 2.75) is 43.5 Å². The van der Waals surface area contributed by atoms with Crippen LogP contribution in [0.4, 0.5) is 0 Å². The quantitative estimate of drug-likeness (QED) is 0.377. The first kappa shape index (κ1) is 26.6. The first-order chi connectivity index (χ1) is 16.9. The van der Waals surface area contributed by atoms with Gasteiger partial charge in [-0.2, -0.15) is 0 Å². The van der Waals surface area contributed by atoms with Crippen molar-refractivity contribution in [3.63, 3.8) is 0 Å². The summed E-state index contributed by atoms with van der Waals surface area (Å²) in [5.74, 6) is 0.248. The van der Waals surface area contributed by atoms with Crippen LogP contribution in [0, 0.1) is 0 Å². The minimum atomic E-state index is -3.81. The predicted molar refractivity (Wildman–Crippen MR) is 147 cm³/mol. The number of alkyl halides is 1. The zero-order valence-corrected chi connectivity index (χ0v) is 22.7. The second kappa shape index (κ2) is 9.80. The number of aromatic nitrogens is 2. The molecule has 3 aromatic rings. The zero-order chi connectivity index (χ0) is 26.3. The van der Waals surface area contributed by atoms with E-state index in [1.807, 2.05) is 42.5 Å². The summed E-state index contributed by atoms with van der Waals surface area (Å²) in [6, 6.07) is 14.9. The standard InChI is InChI=1S/C27H29Cl2N3O3S/c1-4-36(34,35)27(29)15-19(18-9-6-5-7-10-18)13-14-24(27)32-17-23(26(2,3)33)31-25(32)20-11-8-12-22(28)21(20)16-30/h5-14,17,33H,4,15-16,30H2,1-3H3. The summed E-state index contributed by atoms with van der Waals surface area (Å²) in [6.45, 7) is 4.96. The number of imidazole rings is 1. The third-order valence-corrected chi connectivity index (χ3v) is 9.90. The molecule has 0 saturated carbocycles. The first-order valence-electron chi connectivity index (χ1n) is 11.6. The van der Waals surface area contributed by atoms with E-state index in [0.29, 0.717) is 33.4 Å². The largest absolute Gasteiger partial charge is 0.384 e. The molecule has 6 nitrogen and oxygen atoms in total. The lowest BCUT2D eigenvalue weighted by molar-refractivity contribution is 0.0743. The highest BCUT2D eigenvalue weighted by Gasteiger charge is 2.48. The number of rotatable bonds is 7. The number of sulfone groups is 1. The number of hydrogen-bond donors (Lipinski definition) is 2. The van der Waals surface area contributed by atoms with Crippen molar-refractivity contribution in [2.75, 3.05) is 5.75 Å². The average Bonchev–Trinajstić information content (AvgIpc) is 3.30. The van der Waals surface area contributed by atoms with Gasteiger partial charge in [-0.05, 0) is 42.7 Å². The third kappa shape index (κ3) is 4.66. The number of nitrogens with zero attached hydrogens (tertiary/aromatic N) is 2. The molecule has 2 aromatic carbocycles. The summed E-state index contributed by atoms with van der Waals surface area (Å²) in [7, 11) is -3.81. The van der Waals surface area contributed by atoms with Gasteiger partial charge in [-0.15, -0.1) is 0 Å². The molecular formula is C27H29Cl2N3O3S. The molecule has 0 spiro atoms. The maximum Gasteiger partial charge on any atom is 0.189 e. The van der Waals surface area contributed by atoms with Crippen molar-refractivity contribution >= 4 is 44.3 Å². The molecule has 0 amide bonds. The van der Waals surface area contributed by atoms with Gasteiger partial charge in [-0.25, -0.2) is 13.4 Å². The molecular weight excluding hydrogens is 517 g/mol. The van der Waals surface area contributed by atoms with Gasteiger partial charge >= 0.3 is 0 Å². The van der Waals surface area contributed by atoms with Crippen LogP contribution in [0.5, 0.6) is 0 Å². The van der Waals surface area contributed by atoms with Gasteiger partial charge in [0.05, 0.1) is 11.4 Å². The van der Waals surface area contributed by atoms with E-state index in [1.165, 1.54) is 0 Å². The Bertz CT molecular complexity index is 1460. The Hall–Kier alpha value is -2.42. The summed E-state index contributed by atoms with van der Waals surface area (Å²) >= 11 is 13.6. The van der Waals surface area contributed by atoms with Gasteiger partial charge in [0.25, 0.3) is 0 Å². The number of aliphatic hydroxyl groups is 1. The van der Waals surface area contributed by atoms with Crippen LogP contribution in [0.1, 0.15) is 44.0 Å². The van der Waals surface area contributed by atoms with Crippen LogP contribution < -0.4 is 5.73 Å². The van der Waals surface area contributed by atoms with Crippen molar-refractivity contribution in [1.82, 2.24) is 9.55 Å². The average molecular weight is 547 g/mol. The topological polar surface area (TPSA) is 98.2 Å². The van der Waals surface area contributed by atoms with Gasteiger partial charge < -0.3 is 15.4 Å². The minimum Gasteiger partial charge on any atom is -0.384 e. The fourth-order valence-electron chi connectivity index (χ4n) is 4.33. The lowest BCUT2D eigenvalue weighted by Gasteiger charge is -2.34. The summed E-state index contributed by atoms with van der Waals surface area (Å²) < 4.78 is 27.0. The Kier molecular flexibility index (Phi) is 7.25. The van der Waals surface area contributed by atoms with Crippen LogP contribution in [0.25, 0.3) is 22.7 Å². The molecule has 1 aliphatic carbocycles. The Morgan fingerprint density at radius 1 is 1.14 bits per heavy atom. The lowest BCUT2D eigenvalue weighted by atomic mass is 9.94. The highest BCUT2D eigenvalue weighted by atomic mass is 35.5. The number of hydrogen-bond acceptors (Lipinski definition) is 5. The molecule has 36 heavy (non-hydrogen) atoms. The Balaban J connectivity index is 2.03. The lowest BCUT2D eigenvalue weighted by Crippen LogP contribution is -2.39. The molecule has 3 N–H and O–H groups in total. The normalized spacial score (nSPS) is 18.6. The molecule has 1 unspecified atom stereocenters. The monoisotopic (exact) mass is 545 g/mol. The highest BCUT2D eigenvalue weighted by molar-refractivity contribution is 7.94. The van der Waals surface area contributed by atoms with E-state index in [-0.39, 0.29) is 18.7 Å². The molecule has 1 heterocycles. The fraction of sp³-hybridized carbons (Fsp3) is 0.296. The van der Waals surface area contributed by atoms with E-state index < -0.39 is 19.6 Å².